The van der Waals surface area contributed by atoms with Crippen molar-refractivity contribution in [3.8, 4) is 0 Å². The zero-order chi connectivity index (χ0) is 10.3. The van der Waals surface area contributed by atoms with Gasteiger partial charge in [-0.3, -0.25) is 0 Å². The molecule has 1 nitrogen and oxygen atoms in total. The number of rotatable bonds is 1. The molecule has 0 amide bonds. The van der Waals surface area contributed by atoms with Crippen molar-refractivity contribution >= 4 is 0 Å². The van der Waals surface area contributed by atoms with E-state index < -0.39 is 0 Å². The van der Waals surface area contributed by atoms with Gasteiger partial charge in [0.15, 0.2) is 0 Å². The highest BCUT2D eigenvalue weighted by atomic mass is 16.3. The van der Waals surface area contributed by atoms with Crippen LogP contribution in [0.15, 0.2) is 22.8 Å². The van der Waals surface area contributed by atoms with Crippen LogP contribution in [0.3, 0.4) is 0 Å². The van der Waals surface area contributed by atoms with Crippen LogP contribution in [0, 0.1) is 5.41 Å². The predicted octanol–water partition coefficient (Wildman–Crippen LogP) is 3.20. The van der Waals surface area contributed by atoms with E-state index >= 15 is 0 Å². The molecule has 0 heterocycles. The van der Waals surface area contributed by atoms with Crippen molar-refractivity contribution in [3.05, 3.63) is 22.8 Å². The molecule has 0 radical (unpaired) electrons. The first kappa shape index (κ1) is 9.97. The highest BCUT2D eigenvalue weighted by Crippen LogP contribution is 2.49. The lowest BCUT2D eigenvalue weighted by Gasteiger charge is -2.30. The predicted molar refractivity (Wildman–Crippen MR) is 59.0 cm³/mol. The van der Waals surface area contributed by atoms with Crippen molar-refractivity contribution in [1.29, 1.82) is 0 Å². The number of hydrogen-bond acceptors (Lipinski definition) is 1. The summed E-state index contributed by atoms with van der Waals surface area (Å²) in [4.78, 5) is 0. The molecule has 1 heteroatoms. The average Bonchev–Trinajstić information content (AvgIpc) is 2.39. The molecule has 2 aliphatic rings. The van der Waals surface area contributed by atoms with E-state index in [1.54, 1.807) is 5.57 Å². The van der Waals surface area contributed by atoms with Crippen molar-refractivity contribution in [2.24, 2.45) is 5.41 Å². The van der Waals surface area contributed by atoms with Gasteiger partial charge in [-0.25, -0.2) is 0 Å². The summed E-state index contributed by atoms with van der Waals surface area (Å²) in [6.45, 7) is 6.38. The van der Waals surface area contributed by atoms with E-state index in [0.29, 0.717) is 0 Å². The minimum absolute atomic E-state index is 0.115. The molecular formula is C13H20O. The van der Waals surface area contributed by atoms with Crippen LogP contribution in [0.4, 0.5) is 0 Å². The monoisotopic (exact) mass is 192 g/mol. The van der Waals surface area contributed by atoms with Gasteiger partial charge in [0.2, 0.25) is 0 Å². The fraction of sp³-hybridized carbons (Fsp3) is 0.692. The standard InChI is InChI=1S/C13H20O/c1-9(14)12-8-10-6-4-5-7-11(10)13(12,2)3/h8-9,14H,4-7H2,1-3H3. The molecule has 0 fully saturated rings. The van der Waals surface area contributed by atoms with E-state index in [2.05, 4.69) is 19.9 Å². The van der Waals surface area contributed by atoms with Crippen molar-refractivity contribution in [1.82, 2.24) is 0 Å². The number of allylic oxidation sites excluding steroid dienone is 3. The van der Waals surface area contributed by atoms with E-state index in [1.165, 1.54) is 36.8 Å². The van der Waals surface area contributed by atoms with Crippen LogP contribution in [0.2, 0.25) is 0 Å². The Morgan fingerprint density at radius 2 is 1.93 bits per heavy atom. The molecular weight excluding hydrogens is 172 g/mol. The maximum atomic E-state index is 9.74. The molecule has 1 N–H and O–H groups in total. The summed E-state index contributed by atoms with van der Waals surface area (Å²) >= 11 is 0. The van der Waals surface area contributed by atoms with Crippen molar-refractivity contribution in [3.63, 3.8) is 0 Å². The zero-order valence-electron chi connectivity index (χ0n) is 9.43. The fourth-order valence-corrected chi connectivity index (χ4v) is 2.99. The van der Waals surface area contributed by atoms with Gasteiger partial charge < -0.3 is 5.11 Å². The van der Waals surface area contributed by atoms with E-state index in [4.69, 9.17) is 0 Å². The molecule has 0 aromatic rings. The summed E-state index contributed by atoms with van der Waals surface area (Å²) in [5, 5.41) is 9.74. The molecule has 0 aliphatic heterocycles. The molecule has 0 bridgehead atoms. The Morgan fingerprint density at radius 3 is 2.50 bits per heavy atom. The summed E-state index contributed by atoms with van der Waals surface area (Å²) in [5.74, 6) is 0. The van der Waals surface area contributed by atoms with Gasteiger partial charge in [-0.15, -0.1) is 0 Å². The van der Waals surface area contributed by atoms with Crippen molar-refractivity contribution in [2.45, 2.75) is 52.6 Å². The molecule has 2 rings (SSSR count). The van der Waals surface area contributed by atoms with E-state index in [9.17, 15) is 5.11 Å². The molecule has 0 spiro atoms. The zero-order valence-corrected chi connectivity index (χ0v) is 9.43. The maximum Gasteiger partial charge on any atom is 0.0733 e. The van der Waals surface area contributed by atoms with Crippen LogP contribution in [0.5, 0.6) is 0 Å². The van der Waals surface area contributed by atoms with Crippen LogP contribution in [-0.4, -0.2) is 11.2 Å². The van der Waals surface area contributed by atoms with Gasteiger partial charge >= 0.3 is 0 Å². The van der Waals surface area contributed by atoms with Crippen LogP contribution < -0.4 is 0 Å². The van der Waals surface area contributed by atoms with Crippen LogP contribution >= 0.6 is 0 Å². The quantitative estimate of drug-likeness (QED) is 0.676. The first-order valence-electron chi connectivity index (χ1n) is 5.66. The third-order valence-corrected chi connectivity index (χ3v) is 3.77. The van der Waals surface area contributed by atoms with E-state index in [1.807, 2.05) is 6.92 Å². The van der Waals surface area contributed by atoms with Crippen molar-refractivity contribution in [2.75, 3.05) is 0 Å². The number of aliphatic hydroxyl groups excluding tert-OH is 1. The highest BCUT2D eigenvalue weighted by molar-refractivity contribution is 5.48. The minimum Gasteiger partial charge on any atom is -0.389 e. The first-order valence-corrected chi connectivity index (χ1v) is 5.66. The SMILES string of the molecule is CC(O)C1=CC2=C(CCCC2)C1(C)C. The topological polar surface area (TPSA) is 20.2 Å². The average molecular weight is 192 g/mol. The van der Waals surface area contributed by atoms with E-state index in [0.717, 1.165) is 0 Å². The van der Waals surface area contributed by atoms with Gasteiger partial charge in [-0.1, -0.05) is 25.5 Å². The molecule has 0 aromatic heterocycles. The Kier molecular flexibility index (Phi) is 2.30. The van der Waals surface area contributed by atoms with Gasteiger partial charge in [0.25, 0.3) is 0 Å². The Bertz CT molecular complexity index is 305. The lowest BCUT2D eigenvalue weighted by molar-refractivity contribution is 0.208. The van der Waals surface area contributed by atoms with Crippen LogP contribution in [0.25, 0.3) is 0 Å². The number of hydrogen-bond donors (Lipinski definition) is 1. The van der Waals surface area contributed by atoms with Crippen LogP contribution in [0.1, 0.15) is 46.5 Å². The van der Waals surface area contributed by atoms with Crippen LogP contribution in [-0.2, 0) is 0 Å². The summed E-state index contributed by atoms with van der Waals surface area (Å²) in [6.07, 6.45) is 7.04. The summed E-state index contributed by atoms with van der Waals surface area (Å²) in [7, 11) is 0. The summed E-state index contributed by atoms with van der Waals surface area (Å²) in [6, 6.07) is 0. The second kappa shape index (κ2) is 3.23. The molecule has 0 aromatic carbocycles. The molecule has 2 aliphatic carbocycles. The first-order chi connectivity index (χ1) is 6.53. The lowest BCUT2D eigenvalue weighted by atomic mass is 9.75. The largest absolute Gasteiger partial charge is 0.389 e. The Hall–Kier alpha value is -0.560. The third kappa shape index (κ3) is 1.35. The lowest BCUT2D eigenvalue weighted by Crippen LogP contribution is -2.22. The third-order valence-electron chi connectivity index (χ3n) is 3.77. The highest BCUT2D eigenvalue weighted by Gasteiger charge is 2.37. The van der Waals surface area contributed by atoms with Gasteiger partial charge in [0, 0.05) is 5.41 Å². The second-order valence-corrected chi connectivity index (χ2v) is 5.11. The molecule has 1 unspecified atom stereocenters. The Morgan fingerprint density at radius 1 is 1.29 bits per heavy atom. The Labute approximate surface area is 86.5 Å². The molecule has 0 saturated heterocycles. The minimum atomic E-state index is -0.296. The van der Waals surface area contributed by atoms with Gasteiger partial charge in [-0.05, 0) is 43.8 Å². The summed E-state index contributed by atoms with van der Waals surface area (Å²) in [5.41, 5.74) is 4.42. The van der Waals surface area contributed by atoms with E-state index in [-0.39, 0.29) is 11.5 Å². The van der Waals surface area contributed by atoms with Gasteiger partial charge in [0.05, 0.1) is 6.10 Å². The summed E-state index contributed by atoms with van der Waals surface area (Å²) < 4.78 is 0. The van der Waals surface area contributed by atoms with Gasteiger partial charge in [0.1, 0.15) is 0 Å². The fourth-order valence-electron chi connectivity index (χ4n) is 2.99. The molecule has 78 valence electrons. The maximum absolute atomic E-state index is 9.74. The molecule has 0 saturated carbocycles. The second-order valence-electron chi connectivity index (χ2n) is 5.11. The smallest absolute Gasteiger partial charge is 0.0733 e. The molecule has 1 atom stereocenters. The number of aliphatic hydroxyl groups is 1. The van der Waals surface area contributed by atoms with Gasteiger partial charge in [-0.2, -0.15) is 0 Å². The van der Waals surface area contributed by atoms with Crippen molar-refractivity contribution < 1.29 is 5.11 Å². The Balaban J connectivity index is 2.37. The molecule has 14 heavy (non-hydrogen) atoms. The normalized spacial score (nSPS) is 27.3.